The fourth-order valence-corrected chi connectivity index (χ4v) is 7.23. The summed E-state index contributed by atoms with van der Waals surface area (Å²) >= 11 is 3.41. The van der Waals surface area contributed by atoms with E-state index in [1.807, 2.05) is 11.8 Å². The summed E-state index contributed by atoms with van der Waals surface area (Å²) in [6.45, 7) is 5.28. The Hall–Kier alpha value is -3.03. The van der Waals surface area contributed by atoms with Crippen molar-refractivity contribution in [2.45, 2.75) is 50.7 Å². The zero-order chi connectivity index (χ0) is 27.6. The van der Waals surface area contributed by atoms with Crippen LogP contribution in [0.2, 0.25) is 0 Å². The maximum absolute atomic E-state index is 14.6. The van der Waals surface area contributed by atoms with Gasteiger partial charge >= 0.3 is 0 Å². The average molecular weight is 568 g/mol. The number of hydrogen-bond donors (Lipinski definition) is 1. The fourth-order valence-electron chi connectivity index (χ4n) is 5.21. The van der Waals surface area contributed by atoms with Gasteiger partial charge in [0, 0.05) is 42.1 Å². The van der Waals surface area contributed by atoms with Gasteiger partial charge in [-0.1, -0.05) is 12.1 Å². The molecule has 2 aliphatic rings. The molecule has 0 radical (unpaired) electrons. The molecule has 2 fully saturated rings. The van der Waals surface area contributed by atoms with E-state index in [-0.39, 0.29) is 18.2 Å². The Kier molecular flexibility index (Phi) is 8.19. The molecular weight excluding hydrogens is 536 g/mol. The zero-order valence-electron chi connectivity index (χ0n) is 22.0. The van der Waals surface area contributed by atoms with Gasteiger partial charge in [-0.2, -0.15) is 17.0 Å². The molecule has 39 heavy (non-hydrogen) atoms. The van der Waals surface area contributed by atoms with E-state index in [0.29, 0.717) is 23.5 Å². The molecule has 5 rings (SSSR count). The van der Waals surface area contributed by atoms with Crippen LogP contribution >= 0.6 is 23.1 Å². The molecule has 0 bridgehead atoms. The van der Waals surface area contributed by atoms with Gasteiger partial charge in [-0.05, 0) is 62.9 Å². The summed E-state index contributed by atoms with van der Waals surface area (Å²) in [5, 5.41) is 12.9. The van der Waals surface area contributed by atoms with E-state index >= 15 is 0 Å². The van der Waals surface area contributed by atoms with Crippen LogP contribution in [-0.4, -0.2) is 52.2 Å². The fraction of sp³-hybridized carbons (Fsp3) is 0.448. The summed E-state index contributed by atoms with van der Waals surface area (Å²) in [5.41, 5.74) is 2.33. The predicted octanol–water partition coefficient (Wildman–Crippen LogP) is 6.20. The second kappa shape index (κ2) is 11.6. The topological polar surface area (TPSA) is 81.9 Å². The third kappa shape index (κ3) is 6.25. The molecule has 3 heterocycles. The molecule has 3 atom stereocenters. The van der Waals surface area contributed by atoms with Crippen LogP contribution in [-0.2, 0) is 4.79 Å². The Morgan fingerprint density at radius 3 is 2.56 bits per heavy atom. The van der Waals surface area contributed by atoms with E-state index in [1.54, 1.807) is 19.9 Å². The Labute approximate surface area is 235 Å². The molecule has 1 saturated carbocycles. The van der Waals surface area contributed by atoms with Gasteiger partial charge in [-0.25, -0.2) is 13.8 Å². The minimum atomic E-state index is -1.09. The lowest BCUT2D eigenvalue weighted by atomic mass is 9.75. The van der Waals surface area contributed by atoms with Gasteiger partial charge in [0.25, 0.3) is 0 Å². The number of aromatic nitrogens is 2. The molecule has 1 aliphatic carbocycles. The van der Waals surface area contributed by atoms with Crippen molar-refractivity contribution in [3.63, 3.8) is 0 Å². The molecule has 1 N–H and O–H groups in total. The number of alkyl halides is 1. The van der Waals surface area contributed by atoms with E-state index < -0.39 is 23.4 Å². The lowest BCUT2D eigenvalue weighted by Gasteiger charge is -2.33. The van der Waals surface area contributed by atoms with Crippen LogP contribution in [0.4, 0.5) is 14.5 Å². The minimum absolute atomic E-state index is 0.0744. The maximum atomic E-state index is 14.6. The highest BCUT2D eigenvalue weighted by atomic mass is 32.2. The Morgan fingerprint density at radius 2 is 1.90 bits per heavy atom. The van der Waals surface area contributed by atoms with Crippen LogP contribution in [0.5, 0.6) is 0 Å². The molecule has 6 nitrogen and oxygen atoms in total. The van der Waals surface area contributed by atoms with Gasteiger partial charge < -0.3 is 10.2 Å². The first-order valence-corrected chi connectivity index (χ1v) is 15.1. The monoisotopic (exact) mass is 567 g/mol. The molecule has 1 unspecified atom stereocenters. The lowest BCUT2D eigenvalue weighted by Crippen LogP contribution is -2.47. The number of nitrogens with one attached hydrogen (secondary N) is 1. The first kappa shape index (κ1) is 27.5. The minimum Gasteiger partial charge on any atom is -0.370 e. The molecule has 3 aromatic rings. The molecule has 204 valence electrons. The van der Waals surface area contributed by atoms with Crippen molar-refractivity contribution in [2.24, 2.45) is 5.92 Å². The van der Waals surface area contributed by atoms with E-state index in [4.69, 9.17) is 4.98 Å². The van der Waals surface area contributed by atoms with E-state index in [0.717, 1.165) is 46.9 Å². The van der Waals surface area contributed by atoms with Crippen molar-refractivity contribution in [3.8, 4) is 27.2 Å². The van der Waals surface area contributed by atoms with Gasteiger partial charge in [-0.15, -0.1) is 11.3 Å². The number of nitriles is 1. The number of carbonyl (C=O) groups excluding carboxylic acids is 1. The Balaban J connectivity index is 1.54. The van der Waals surface area contributed by atoms with Crippen LogP contribution in [0.25, 0.3) is 21.1 Å². The highest BCUT2D eigenvalue weighted by Gasteiger charge is 2.40. The quantitative estimate of drug-likeness (QED) is 0.382. The summed E-state index contributed by atoms with van der Waals surface area (Å²) in [4.78, 5) is 25.8. The number of benzene rings is 1. The van der Waals surface area contributed by atoms with Crippen molar-refractivity contribution in [1.82, 2.24) is 15.3 Å². The number of amides is 1. The van der Waals surface area contributed by atoms with Crippen LogP contribution in [0, 0.1) is 23.1 Å². The molecule has 1 aromatic carbocycles. The van der Waals surface area contributed by atoms with Gasteiger partial charge in [-0.3, -0.25) is 9.78 Å². The molecule has 0 spiro atoms. The van der Waals surface area contributed by atoms with Crippen LogP contribution < -0.4 is 10.2 Å². The standard InChI is InChI=1S/C29H31F2N5OS2/c1-29(2,17-32)35-27(37)23-15-19(30)5-9-22(23)25-26(39-28(34-25)24-10-6-20(31)16-33-24)18-3-7-21(8-4-18)36-11-13-38-14-12-36/h3-4,6-8,10,16,19,22-23H,5,9,11-15H2,1-2H3,(H,35,37)/t19-,22+,23?/m0/s1. The molecule has 1 aliphatic heterocycles. The number of halogens is 2. The number of hydrogen-bond acceptors (Lipinski definition) is 7. The zero-order valence-corrected chi connectivity index (χ0v) is 23.6. The van der Waals surface area contributed by atoms with Gasteiger partial charge in [0.2, 0.25) is 5.91 Å². The Bertz CT molecular complexity index is 1350. The van der Waals surface area contributed by atoms with Crippen LogP contribution in [0.3, 0.4) is 0 Å². The third-order valence-corrected chi connectivity index (χ3v) is 9.38. The molecule has 10 heteroatoms. The van der Waals surface area contributed by atoms with Crippen molar-refractivity contribution >= 4 is 34.7 Å². The number of anilines is 1. The number of nitrogens with zero attached hydrogens (tertiary/aromatic N) is 4. The number of thiazole rings is 1. The van der Waals surface area contributed by atoms with Crippen molar-refractivity contribution in [2.75, 3.05) is 29.5 Å². The van der Waals surface area contributed by atoms with E-state index in [1.165, 1.54) is 23.1 Å². The van der Waals surface area contributed by atoms with Crippen LogP contribution in [0.15, 0.2) is 42.6 Å². The number of pyridine rings is 1. The molecule has 1 amide bonds. The molecule has 2 aromatic heterocycles. The summed E-state index contributed by atoms with van der Waals surface area (Å²) in [5.74, 6) is 0.455. The second-order valence-corrected chi connectivity index (χ2v) is 12.8. The predicted molar refractivity (Wildman–Crippen MR) is 153 cm³/mol. The van der Waals surface area contributed by atoms with Crippen molar-refractivity contribution in [3.05, 3.63) is 54.1 Å². The van der Waals surface area contributed by atoms with Crippen LogP contribution in [0.1, 0.15) is 44.7 Å². The summed E-state index contributed by atoms with van der Waals surface area (Å²) in [6.07, 6.45) is 0.942. The van der Waals surface area contributed by atoms with Crippen molar-refractivity contribution in [1.29, 1.82) is 5.26 Å². The average Bonchev–Trinajstić information content (AvgIpc) is 3.39. The van der Waals surface area contributed by atoms with Crippen molar-refractivity contribution < 1.29 is 13.6 Å². The van der Waals surface area contributed by atoms with Gasteiger partial charge in [0.05, 0.1) is 28.5 Å². The van der Waals surface area contributed by atoms with E-state index in [2.05, 4.69) is 45.5 Å². The SMILES string of the molecule is CC(C)(C#N)NC(=O)C1C[C@@H](F)CC[C@H]1c1nc(-c2ccc(F)cn2)sc1-c1ccc(N2CCSCC2)cc1. The first-order chi connectivity index (χ1) is 18.7. The number of thioether (sulfide) groups is 1. The highest BCUT2D eigenvalue weighted by molar-refractivity contribution is 7.99. The Morgan fingerprint density at radius 1 is 1.15 bits per heavy atom. The second-order valence-electron chi connectivity index (χ2n) is 10.6. The number of rotatable bonds is 6. The highest BCUT2D eigenvalue weighted by Crippen LogP contribution is 2.46. The van der Waals surface area contributed by atoms with Gasteiger partial charge in [0.15, 0.2) is 0 Å². The normalized spacial score (nSPS) is 21.8. The summed E-state index contributed by atoms with van der Waals surface area (Å²) < 4.78 is 28.2. The van der Waals surface area contributed by atoms with Gasteiger partial charge in [0.1, 0.15) is 22.5 Å². The number of carbonyl (C=O) groups is 1. The molecule has 1 saturated heterocycles. The summed E-state index contributed by atoms with van der Waals surface area (Å²) in [7, 11) is 0. The lowest BCUT2D eigenvalue weighted by molar-refractivity contribution is -0.128. The molecular formula is C29H31F2N5OS2. The maximum Gasteiger partial charge on any atom is 0.225 e. The first-order valence-electron chi connectivity index (χ1n) is 13.2. The summed E-state index contributed by atoms with van der Waals surface area (Å²) in [6, 6.07) is 13.4. The smallest absolute Gasteiger partial charge is 0.225 e. The largest absolute Gasteiger partial charge is 0.370 e. The third-order valence-electron chi connectivity index (χ3n) is 7.30. The van der Waals surface area contributed by atoms with E-state index in [9.17, 15) is 18.8 Å².